The molecule has 76 valence electrons. The molecule has 1 aliphatic heterocycles. The molecular weight excluding hydrogens is 200 g/mol. The summed E-state index contributed by atoms with van der Waals surface area (Å²) in [4.78, 5) is 0. The monoisotopic (exact) mass is 205 g/mol. The Morgan fingerprint density at radius 2 is 1.54 bits per heavy atom. The summed E-state index contributed by atoms with van der Waals surface area (Å²) >= 11 is 0. The zero-order valence-electron chi connectivity index (χ0n) is 6.37. The van der Waals surface area contributed by atoms with Crippen LogP contribution in [0.15, 0.2) is 12.3 Å². The maximum absolute atomic E-state index is 12.8. The molecular formula is C6H5F6N. The molecule has 0 saturated carbocycles. The van der Waals surface area contributed by atoms with E-state index in [4.69, 9.17) is 0 Å². The first-order valence-electron chi connectivity index (χ1n) is 3.22. The van der Waals surface area contributed by atoms with Crippen molar-refractivity contribution in [3.8, 4) is 0 Å². The maximum atomic E-state index is 12.8. The van der Waals surface area contributed by atoms with E-state index in [1.165, 1.54) is 0 Å². The summed E-state index contributed by atoms with van der Waals surface area (Å²) in [5.74, 6) is -5.09. The number of hydrogen-bond donors (Lipinski definition) is 0. The van der Waals surface area contributed by atoms with Gasteiger partial charge in [0, 0.05) is 6.20 Å². The van der Waals surface area contributed by atoms with Crippen molar-refractivity contribution in [3.05, 3.63) is 12.3 Å². The number of rotatable bonds is 0. The molecule has 0 aromatic rings. The molecule has 1 aliphatic rings. The smallest absolute Gasteiger partial charge is 0.233 e. The van der Waals surface area contributed by atoms with Crippen molar-refractivity contribution in [2.24, 2.45) is 0 Å². The summed E-state index contributed by atoms with van der Waals surface area (Å²) in [6.45, 7) is 0.254. The van der Waals surface area contributed by atoms with Crippen molar-refractivity contribution in [2.45, 2.75) is 24.6 Å². The Kier molecular flexibility index (Phi) is 1.83. The molecule has 0 aromatic heterocycles. The molecule has 13 heavy (non-hydrogen) atoms. The Labute approximate surface area is 69.6 Å². The molecule has 1 nitrogen and oxygen atoms in total. The zero-order valence-corrected chi connectivity index (χ0v) is 6.37. The molecule has 0 aromatic carbocycles. The number of nitrogens with zero attached hydrogens (tertiary/aromatic N) is 1. The lowest BCUT2D eigenvalue weighted by Gasteiger charge is -2.38. The van der Waals surface area contributed by atoms with E-state index < -0.39 is 22.8 Å². The van der Waals surface area contributed by atoms with Gasteiger partial charge in [-0.25, -0.2) is 4.39 Å². The van der Waals surface area contributed by atoms with Crippen LogP contribution in [0.1, 0.15) is 6.92 Å². The third kappa shape index (κ3) is 1.09. The van der Waals surface area contributed by atoms with E-state index in [1.807, 2.05) is 0 Å². The van der Waals surface area contributed by atoms with Crippen LogP contribution in [0.5, 0.6) is 0 Å². The van der Waals surface area contributed by atoms with E-state index in [-0.39, 0.29) is 19.2 Å². The van der Waals surface area contributed by atoms with Gasteiger partial charge in [-0.3, -0.25) is 0 Å². The number of halogens is 6. The highest BCUT2D eigenvalue weighted by Crippen LogP contribution is 2.49. The quantitative estimate of drug-likeness (QED) is 0.334. The molecule has 0 amide bonds. The minimum absolute atomic E-state index is 0.0460. The van der Waals surface area contributed by atoms with E-state index in [0.717, 1.165) is 0 Å². The third-order valence-electron chi connectivity index (χ3n) is 1.78. The van der Waals surface area contributed by atoms with E-state index in [9.17, 15) is 26.4 Å². The van der Waals surface area contributed by atoms with Crippen LogP contribution in [0.3, 0.4) is 0 Å². The van der Waals surface area contributed by atoms with Crippen molar-refractivity contribution in [1.29, 1.82) is 0 Å². The average molecular weight is 205 g/mol. The van der Waals surface area contributed by atoms with Crippen molar-refractivity contribution < 1.29 is 26.4 Å². The van der Waals surface area contributed by atoms with Crippen LogP contribution < -0.4 is 0 Å². The van der Waals surface area contributed by atoms with E-state index >= 15 is 0 Å². The van der Waals surface area contributed by atoms with Crippen molar-refractivity contribution in [1.82, 2.24) is 5.12 Å². The highest BCUT2D eigenvalue weighted by molar-refractivity contribution is 5.15. The predicted octanol–water partition coefficient (Wildman–Crippen LogP) is 2.66. The molecule has 0 N–H and O–H groups in total. The minimum atomic E-state index is -5.16. The van der Waals surface area contributed by atoms with Crippen LogP contribution in [0.2, 0.25) is 0 Å². The lowest BCUT2D eigenvalue weighted by molar-refractivity contribution is -0.351. The first-order valence-corrected chi connectivity index (χ1v) is 3.22. The largest absolute Gasteiger partial charge is 0.416 e. The lowest BCUT2D eigenvalue weighted by atomic mass is 9.95. The highest BCUT2D eigenvalue weighted by Gasteiger charge is 2.72. The van der Waals surface area contributed by atoms with Crippen LogP contribution in [-0.4, -0.2) is 22.8 Å². The van der Waals surface area contributed by atoms with Gasteiger partial charge >= 0.3 is 12.0 Å². The zero-order chi connectivity index (χ0) is 10.5. The summed E-state index contributed by atoms with van der Waals surface area (Å²) in [5.41, 5.74) is -3.56. The van der Waals surface area contributed by atoms with Gasteiger partial charge in [-0.05, 0) is 13.0 Å². The normalized spacial score (nSPS) is 36.4. The van der Waals surface area contributed by atoms with Gasteiger partial charge in [-0.2, -0.15) is 17.6 Å². The van der Waals surface area contributed by atoms with E-state index in [1.54, 1.807) is 0 Å². The van der Waals surface area contributed by atoms with Crippen LogP contribution >= 0.6 is 0 Å². The maximum Gasteiger partial charge on any atom is 0.416 e. The average Bonchev–Trinajstić information content (AvgIpc) is 1.97. The molecule has 0 saturated heterocycles. The fraction of sp³-hybridized carbons (Fsp3) is 0.667. The Bertz CT molecular complexity index is 246. The van der Waals surface area contributed by atoms with Gasteiger partial charge < -0.3 is 0 Å². The topological polar surface area (TPSA) is 3.24 Å². The number of hydrogen-bond acceptors (Lipinski definition) is 1. The second-order valence-electron chi connectivity index (χ2n) is 2.82. The van der Waals surface area contributed by atoms with Crippen LogP contribution in [0.25, 0.3) is 0 Å². The van der Waals surface area contributed by atoms with Crippen molar-refractivity contribution in [3.63, 3.8) is 0 Å². The predicted molar refractivity (Wildman–Crippen MR) is 31.5 cm³/mol. The van der Waals surface area contributed by atoms with E-state index in [2.05, 4.69) is 0 Å². The molecule has 1 atom stereocenters. The van der Waals surface area contributed by atoms with Crippen LogP contribution in [0, 0.1) is 0 Å². The molecule has 0 fully saturated rings. The van der Waals surface area contributed by atoms with Gasteiger partial charge in [0.25, 0.3) is 0 Å². The molecule has 0 bridgehead atoms. The molecule has 0 spiro atoms. The Hall–Kier alpha value is -0.880. The third-order valence-corrected chi connectivity index (χ3v) is 1.78. The summed E-state index contributed by atoms with van der Waals surface area (Å²) in [6, 6.07) is -5.16. The second-order valence-corrected chi connectivity index (χ2v) is 2.82. The van der Waals surface area contributed by atoms with Gasteiger partial charge in [-0.15, -0.1) is 5.12 Å². The molecule has 0 radical (unpaired) electrons. The van der Waals surface area contributed by atoms with Crippen LogP contribution in [0.4, 0.5) is 26.4 Å². The Morgan fingerprint density at radius 1 is 1.08 bits per heavy atom. The van der Waals surface area contributed by atoms with Crippen LogP contribution in [-0.2, 0) is 0 Å². The molecule has 1 rings (SSSR count). The standard InChI is InChI=1S/C6H5F6N/c1-4(7)2-3-13(12)6(10,11)5(4,8)9/h2-3H,1H3. The first kappa shape index (κ1) is 10.2. The Balaban J connectivity index is 3.22. The molecule has 1 unspecified atom stereocenters. The first-order chi connectivity index (χ1) is 5.63. The lowest BCUT2D eigenvalue weighted by Crippen LogP contribution is -2.61. The fourth-order valence-electron chi connectivity index (χ4n) is 0.832. The molecule has 7 heteroatoms. The molecule has 1 heterocycles. The van der Waals surface area contributed by atoms with Crippen molar-refractivity contribution in [2.75, 3.05) is 0 Å². The number of allylic oxidation sites excluding steroid dienone is 1. The summed E-state index contributed by atoms with van der Waals surface area (Å²) in [6.07, 6.45) is -0.0121. The minimum Gasteiger partial charge on any atom is -0.233 e. The second kappa shape index (κ2) is 2.33. The van der Waals surface area contributed by atoms with Gasteiger partial charge in [0.1, 0.15) is 0 Å². The van der Waals surface area contributed by atoms with Gasteiger partial charge in [0.05, 0.1) is 0 Å². The van der Waals surface area contributed by atoms with Crippen molar-refractivity contribution >= 4 is 0 Å². The summed E-state index contributed by atoms with van der Waals surface area (Å²) < 4.78 is 74.8. The van der Waals surface area contributed by atoms with Gasteiger partial charge in [0.15, 0.2) is 5.67 Å². The summed E-state index contributed by atoms with van der Waals surface area (Å²) in [7, 11) is 0. The molecule has 0 aliphatic carbocycles. The SMILES string of the molecule is CC1(F)C=CN(F)C(F)(F)C1(F)F. The van der Waals surface area contributed by atoms with Gasteiger partial charge in [0.2, 0.25) is 0 Å². The van der Waals surface area contributed by atoms with E-state index in [0.29, 0.717) is 0 Å². The summed E-state index contributed by atoms with van der Waals surface area (Å²) in [5, 5.41) is -1.51. The fourth-order valence-corrected chi connectivity index (χ4v) is 0.832. The highest BCUT2D eigenvalue weighted by atomic mass is 19.3. The Morgan fingerprint density at radius 3 is 1.92 bits per heavy atom. The van der Waals surface area contributed by atoms with Gasteiger partial charge in [-0.1, -0.05) is 4.48 Å². The number of alkyl halides is 5.